The number of hydrogen-bond acceptors (Lipinski definition) is 15. The van der Waals surface area contributed by atoms with E-state index in [1.165, 1.54) is 276 Å². The van der Waals surface area contributed by atoms with Crippen LogP contribution >= 0.6 is 15.6 Å². The number of phosphoric acid groups is 2. The van der Waals surface area contributed by atoms with E-state index in [-0.39, 0.29) is 25.7 Å². The number of rotatable bonds is 86. The van der Waals surface area contributed by atoms with E-state index in [0.29, 0.717) is 25.7 Å². The van der Waals surface area contributed by atoms with Crippen molar-refractivity contribution >= 4 is 39.5 Å². The van der Waals surface area contributed by atoms with E-state index in [0.717, 1.165) is 108 Å². The van der Waals surface area contributed by atoms with Gasteiger partial charge < -0.3 is 33.8 Å². The zero-order valence-corrected chi connectivity index (χ0v) is 72.4. The van der Waals surface area contributed by atoms with Crippen molar-refractivity contribution in [3.8, 4) is 0 Å². The van der Waals surface area contributed by atoms with Crippen molar-refractivity contribution in [3.05, 3.63) is 0 Å². The van der Waals surface area contributed by atoms with E-state index in [1.54, 1.807) is 0 Å². The highest BCUT2D eigenvalue weighted by Crippen LogP contribution is 2.45. The van der Waals surface area contributed by atoms with Gasteiger partial charge in [-0.2, -0.15) is 0 Å². The Kier molecular flexibility index (Phi) is 76.6. The van der Waals surface area contributed by atoms with Crippen molar-refractivity contribution in [2.45, 2.75) is 484 Å². The van der Waals surface area contributed by atoms with Gasteiger partial charge in [0.05, 0.1) is 26.4 Å². The van der Waals surface area contributed by atoms with Gasteiger partial charge in [-0.3, -0.25) is 37.3 Å². The molecule has 0 aromatic rings. The smallest absolute Gasteiger partial charge is 0.462 e. The highest BCUT2D eigenvalue weighted by Gasteiger charge is 2.31. The monoisotopic (exact) mass is 1560 g/mol. The standard InChI is InChI=1S/C88H172O17P2/c1-8-9-10-11-12-13-14-15-16-17-18-22-25-28-34-41-48-55-62-69-85(90)98-75-83(104-87(92)71-64-57-50-42-35-29-26-23-20-19-21-24-27-32-38-45-52-59-66-79(2)3)77-102-106(94,95)100-73-82(89)74-101-107(96,97)103-78-84(76-99-86(91)70-63-56-49-44-37-40-47-54-61-68-81(6)7)105-88(93)72-65-58-51-43-36-31-30-33-39-46-53-60-67-80(4)5/h79-84,89H,8-78H2,1-7H3,(H,94,95)(H,96,97)/t82-,83-,84-/m1/s1. The molecule has 0 aromatic heterocycles. The lowest BCUT2D eigenvalue weighted by molar-refractivity contribution is -0.161. The van der Waals surface area contributed by atoms with Gasteiger partial charge in [0.25, 0.3) is 0 Å². The maximum absolute atomic E-state index is 13.2. The molecule has 636 valence electrons. The van der Waals surface area contributed by atoms with Crippen LogP contribution in [-0.2, 0) is 65.4 Å². The van der Waals surface area contributed by atoms with Gasteiger partial charge in [0.15, 0.2) is 12.2 Å². The summed E-state index contributed by atoms with van der Waals surface area (Å²) in [5.74, 6) is 0.239. The van der Waals surface area contributed by atoms with Crippen molar-refractivity contribution in [1.29, 1.82) is 0 Å². The quantitative estimate of drug-likeness (QED) is 0.0222. The van der Waals surface area contributed by atoms with Crippen LogP contribution in [0.1, 0.15) is 466 Å². The van der Waals surface area contributed by atoms with Crippen molar-refractivity contribution in [3.63, 3.8) is 0 Å². The number of carbonyl (C=O) groups is 4. The Hall–Kier alpha value is -1.94. The molecule has 0 aliphatic carbocycles. The Morgan fingerprint density at radius 3 is 0.636 bits per heavy atom. The minimum Gasteiger partial charge on any atom is -0.462 e. The Morgan fingerprint density at radius 2 is 0.430 bits per heavy atom. The molecule has 17 nitrogen and oxygen atoms in total. The highest BCUT2D eigenvalue weighted by molar-refractivity contribution is 7.47. The van der Waals surface area contributed by atoms with Gasteiger partial charge in [0.1, 0.15) is 19.3 Å². The lowest BCUT2D eigenvalue weighted by Crippen LogP contribution is -2.30. The number of unbranched alkanes of at least 4 members (excludes halogenated alkanes) is 54. The fourth-order valence-corrected chi connectivity index (χ4v) is 15.3. The van der Waals surface area contributed by atoms with Gasteiger partial charge in [0, 0.05) is 25.7 Å². The first kappa shape index (κ1) is 105. The van der Waals surface area contributed by atoms with Crippen LogP contribution in [0.25, 0.3) is 0 Å². The van der Waals surface area contributed by atoms with Gasteiger partial charge >= 0.3 is 39.5 Å². The number of hydrogen-bond donors (Lipinski definition) is 3. The molecular formula is C88H172O17P2. The van der Waals surface area contributed by atoms with E-state index in [9.17, 15) is 43.2 Å². The van der Waals surface area contributed by atoms with Crippen LogP contribution in [0.3, 0.4) is 0 Å². The SMILES string of the molecule is CCCCCCCCCCCCCCCCCCCCCC(=O)OC[C@H](COP(=O)(O)OC[C@@H](O)COP(=O)(O)OC[C@@H](COC(=O)CCCCCCCCCCCC(C)C)OC(=O)CCCCCCCCCCCCCCC(C)C)OC(=O)CCCCCCCCCCCCCCCCCCCCC(C)C. The third kappa shape index (κ3) is 81.9. The predicted molar refractivity (Wildman–Crippen MR) is 441 cm³/mol. The number of aliphatic hydroxyl groups is 1. The number of ether oxygens (including phenoxy) is 4. The summed E-state index contributed by atoms with van der Waals surface area (Å²) in [5.41, 5.74) is 0. The van der Waals surface area contributed by atoms with Crippen LogP contribution in [0.15, 0.2) is 0 Å². The highest BCUT2D eigenvalue weighted by atomic mass is 31.2. The van der Waals surface area contributed by atoms with Crippen LogP contribution in [0.4, 0.5) is 0 Å². The molecule has 0 aliphatic rings. The van der Waals surface area contributed by atoms with Gasteiger partial charge in [-0.25, -0.2) is 9.13 Å². The Bertz CT molecular complexity index is 2060. The van der Waals surface area contributed by atoms with Crippen LogP contribution in [0.2, 0.25) is 0 Å². The summed E-state index contributed by atoms with van der Waals surface area (Å²) in [4.78, 5) is 73.3. The maximum atomic E-state index is 13.2. The fraction of sp³-hybridized carbons (Fsp3) is 0.955. The number of esters is 4. The molecule has 0 spiro atoms. The molecule has 0 aromatic carbocycles. The van der Waals surface area contributed by atoms with Crippen LogP contribution in [0, 0.1) is 17.8 Å². The largest absolute Gasteiger partial charge is 0.472 e. The summed E-state index contributed by atoms with van der Waals surface area (Å²) in [6.45, 7) is 12.0. The van der Waals surface area contributed by atoms with E-state index >= 15 is 0 Å². The number of carbonyl (C=O) groups excluding carboxylic acids is 4. The summed E-state index contributed by atoms with van der Waals surface area (Å²) in [6.07, 6.45) is 69.5. The Labute approximate surface area is 658 Å². The van der Waals surface area contributed by atoms with Crippen LogP contribution in [0.5, 0.6) is 0 Å². The van der Waals surface area contributed by atoms with Gasteiger partial charge in [0.2, 0.25) is 0 Å². The molecule has 0 heterocycles. The summed E-state index contributed by atoms with van der Waals surface area (Å²) in [6, 6.07) is 0. The van der Waals surface area contributed by atoms with E-state index in [2.05, 4.69) is 48.5 Å². The molecular weight excluding hydrogens is 1390 g/mol. The first-order valence-electron chi connectivity index (χ1n) is 45.3. The van der Waals surface area contributed by atoms with E-state index < -0.39 is 97.5 Å². The first-order chi connectivity index (χ1) is 51.7. The van der Waals surface area contributed by atoms with Gasteiger partial charge in [-0.15, -0.1) is 0 Å². The summed E-state index contributed by atoms with van der Waals surface area (Å²) in [5, 5.41) is 10.7. The lowest BCUT2D eigenvalue weighted by atomic mass is 10.0. The lowest BCUT2D eigenvalue weighted by Gasteiger charge is -2.21. The first-order valence-corrected chi connectivity index (χ1v) is 48.3. The van der Waals surface area contributed by atoms with Gasteiger partial charge in [-0.1, -0.05) is 414 Å². The van der Waals surface area contributed by atoms with Crippen molar-refractivity contribution < 1.29 is 80.2 Å². The third-order valence-electron chi connectivity index (χ3n) is 20.6. The molecule has 19 heteroatoms. The normalized spacial score (nSPS) is 13.8. The molecule has 0 aliphatic heterocycles. The molecule has 107 heavy (non-hydrogen) atoms. The Morgan fingerprint density at radius 1 is 0.252 bits per heavy atom. The second-order valence-corrected chi connectivity index (χ2v) is 36.0. The van der Waals surface area contributed by atoms with Crippen molar-refractivity contribution in [2.75, 3.05) is 39.6 Å². The average molecular weight is 1560 g/mol. The number of aliphatic hydroxyl groups excluding tert-OH is 1. The second kappa shape index (κ2) is 78.0. The van der Waals surface area contributed by atoms with Crippen molar-refractivity contribution in [2.24, 2.45) is 17.8 Å². The molecule has 2 unspecified atom stereocenters. The topological polar surface area (TPSA) is 237 Å². The molecule has 5 atom stereocenters. The van der Waals surface area contributed by atoms with Crippen LogP contribution < -0.4 is 0 Å². The molecule has 0 rings (SSSR count). The summed E-state index contributed by atoms with van der Waals surface area (Å²) in [7, 11) is -9.93. The van der Waals surface area contributed by atoms with E-state index in [1.807, 2.05) is 0 Å². The zero-order chi connectivity index (χ0) is 78.6. The van der Waals surface area contributed by atoms with Gasteiger partial charge in [-0.05, 0) is 43.4 Å². The minimum atomic E-state index is -4.97. The number of phosphoric ester groups is 2. The van der Waals surface area contributed by atoms with Crippen LogP contribution in [-0.4, -0.2) is 96.7 Å². The molecule has 0 amide bonds. The second-order valence-electron chi connectivity index (χ2n) is 33.1. The molecule has 3 N–H and O–H groups in total. The summed E-state index contributed by atoms with van der Waals surface area (Å²) < 4.78 is 69.0. The summed E-state index contributed by atoms with van der Waals surface area (Å²) >= 11 is 0. The predicted octanol–water partition coefficient (Wildman–Crippen LogP) is 26.9. The molecule has 0 radical (unpaired) electrons. The molecule has 0 saturated carbocycles. The third-order valence-corrected chi connectivity index (χ3v) is 22.5. The molecule has 0 bridgehead atoms. The Balaban J connectivity index is 5.25. The van der Waals surface area contributed by atoms with E-state index in [4.69, 9.17) is 37.0 Å². The average Bonchev–Trinajstić information content (AvgIpc) is 0.905. The molecule has 0 saturated heterocycles. The zero-order valence-electron chi connectivity index (χ0n) is 70.6. The maximum Gasteiger partial charge on any atom is 0.472 e. The van der Waals surface area contributed by atoms with Crippen molar-refractivity contribution in [1.82, 2.24) is 0 Å². The molecule has 0 fully saturated rings. The fourth-order valence-electron chi connectivity index (χ4n) is 13.7. The minimum absolute atomic E-state index is 0.107.